The number of benzene rings is 1. The second-order valence-corrected chi connectivity index (χ2v) is 3.39. The van der Waals surface area contributed by atoms with Crippen LogP contribution in [0.25, 0.3) is 0 Å². The van der Waals surface area contributed by atoms with Gasteiger partial charge < -0.3 is 4.74 Å². The Morgan fingerprint density at radius 1 is 1.19 bits per heavy atom. The molecular weight excluding hydrogens is 231 g/mol. The second-order valence-electron chi connectivity index (χ2n) is 3.03. The summed E-state index contributed by atoms with van der Waals surface area (Å²) in [7, 11) is 0. The summed E-state index contributed by atoms with van der Waals surface area (Å²) in [6.45, 7) is 0.0745. The predicted octanol–water partition coefficient (Wildman–Crippen LogP) is 2.85. The van der Waals surface area contributed by atoms with Gasteiger partial charge in [-0.2, -0.15) is 0 Å². The Morgan fingerprint density at radius 3 is 2.69 bits per heavy atom. The van der Waals surface area contributed by atoms with Crippen molar-refractivity contribution < 1.29 is 9.13 Å². The van der Waals surface area contributed by atoms with Crippen molar-refractivity contribution in [1.29, 1.82) is 0 Å². The lowest BCUT2D eigenvalue weighted by atomic mass is 10.2. The van der Waals surface area contributed by atoms with E-state index in [0.29, 0.717) is 5.56 Å². The van der Waals surface area contributed by atoms with Crippen molar-refractivity contribution in [3.8, 4) is 5.88 Å². The highest BCUT2D eigenvalue weighted by Gasteiger charge is 2.05. The molecule has 2 aromatic rings. The van der Waals surface area contributed by atoms with Crippen molar-refractivity contribution in [3.63, 3.8) is 0 Å². The van der Waals surface area contributed by atoms with Crippen LogP contribution in [0.15, 0.2) is 36.7 Å². The van der Waals surface area contributed by atoms with Crippen LogP contribution in [0.2, 0.25) is 5.15 Å². The smallest absolute Gasteiger partial charge is 0.252 e. The van der Waals surface area contributed by atoms with Gasteiger partial charge in [-0.1, -0.05) is 29.8 Å². The van der Waals surface area contributed by atoms with Crippen molar-refractivity contribution in [2.45, 2.75) is 6.61 Å². The summed E-state index contributed by atoms with van der Waals surface area (Å²) in [6.07, 6.45) is 2.92. The van der Waals surface area contributed by atoms with Crippen molar-refractivity contribution in [3.05, 3.63) is 53.2 Å². The van der Waals surface area contributed by atoms with E-state index in [1.807, 2.05) is 0 Å². The number of halogens is 2. The molecule has 1 aromatic heterocycles. The number of ether oxygens (including phenoxy) is 1. The lowest BCUT2D eigenvalue weighted by molar-refractivity contribution is 0.287. The monoisotopic (exact) mass is 238 g/mol. The first-order valence-electron chi connectivity index (χ1n) is 4.60. The molecule has 0 saturated heterocycles. The summed E-state index contributed by atoms with van der Waals surface area (Å²) in [5.74, 6) is -0.116. The van der Waals surface area contributed by atoms with E-state index in [4.69, 9.17) is 16.3 Å². The van der Waals surface area contributed by atoms with Crippen LogP contribution in [0.3, 0.4) is 0 Å². The molecule has 1 heterocycles. The summed E-state index contributed by atoms with van der Waals surface area (Å²) in [4.78, 5) is 7.68. The molecule has 0 atom stereocenters. The largest absolute Gasteiger partial charge is 0.471 e. The minimum atomic E-state index is -0.317. The summed E-state index contributed by atoms with van der Waals surface area (Å²) < 4.78 is 18.5. The van der Waals surface area contributed by atoms with Crippen LogP contribution >= 0.6 is 11.6 Å². The molecule has 1 aromatic carbocycles. The van der Waals surface area contributed by atoms with Crippen molar-refractivity contribution in [2.24, 2.45) is 0 Å². The highest BCUT2D eigenvalue weighted by atomic mass is 35.5. The van der Waals surface area contributed by atoms with Crippen LogP contribution in [-0.4, -0.2) is 9.97 Å². The first-order valence-corrected chi connectivity index (χ1v) is 4.98. The SMILES string of the molecule is Fc1ccccc1COc1nccnc1Cl. The van der Waals surface area contributed by atoms with E-state index < -0.39 is 0 Å². The molecule has 0 aliphatic rings. The fourth-order valence-corrected chi connectivity index (χ4v) is 1.33. The van der Waals surface area contributed by atoms with Gasteiger partial charge in [0.25, 0.3) is 5.88 Å². The Kier molecular flexibility index (Phi) is 3.31. The summed E-state index contributed by atoms with van der Waals surface area (Å²) in [5.41, 5.74) is 0.448. The van der Waals surface area contributed by atoms with Gasteiger partial charge in [0.1, 0.15) is 12.4 Å². The van der Waals surface area contributed by atoms with Crippen LogP contribution in [-0.2, 0) is 6.61 Å². The van der Waals surface area contributed by atoms with Gasteiger partial charge in [0.15, 0.2) is 5.15 Å². The Bertz CT molecular complexity index is 447. The maximum atomic E-state index is 13.2. The van der Waals surface area contributed by atoms with Gasteiger partial charge in [0.2, 0.25) is 0 Å². The topological polar surface area (TPSA) is 35.0 Å². The number of aromatic nitrogens is 2. The maximum Gasteiger partial charge on any atom is 0.252 e. The molecule has 0 fully saturated rings. The Labute approximate surface area is 96.9 Å². The standard InChI is InChI=1S/C11H8ClFN2O/c12-10-11(15-6-5-14-10)16-7-8-3-1-2-4-9(8)13/h1-6H,7H2. The molecular formula is C11H8ClFN2O. The Hall–Kier alpha value is -1.68. The first-order chi connectivity index (χ1) is 7.77. The van der Waals surface area contributed by atoms with E-state index in [9.17, 15) is 4.39 Å². The van der Waals surface area contributed by atoms with Gasteiger partial charge in [-0.15, -0.1) is 0 Å². The van der Waals surface area contributed by atoms with E-state index in [1.165, 1.54) is 18.5 Å². The molecule has 5 heteroatoms. The zero-order valence-corrected chi connectivity index (χ0v) is 8.99. The molecule has 0 unspecified atom stereocenters. The van der Waals surface area contributed by atoms with E-state index in [-0.39, 0.29) is 23.5 Å². The highest BCUT2D eigenvalue weighted by molar-refractivity contribution is 6.30. The van der Waals surface area contributed by atoms with Crippen molar-refractivity contribution >= 4 is 11.6 Å². The third-order valence-corrected chi connectivity index (χ3v) is 2.20. The van der Waals surface area contributed by atoms with E-state index in [1.54, 1.807) is 18.2 Å². The highest BCUT2D eigenvalue weighted by Crippen LogP contribution is 2.18. The van der Waals surface area contributed by atoms with E-state index >= 15 is 0 Å². The van der Waals surface area contributed by atoms with Crippen LogP contribution < -0.4 is 4.74 Å². The summed E-state index contributed by atoms with van der Waals surface area (Å²) >= 11 is 5.74. The summed E-state index contributed by atoms with van der Waals surface area (Å²) in [5, 5.41) is 0.166. The van der Waals surface area contributed by atoms with E-state index in [0.717, 1.165) is 0 Å². The zero-order valence-electron chi connectivity index (χ0n) is 8.23. The van der Waals surface area contributed by atoms with Crippen LogP contribution in [0.4, 0.5) is 4.39 Å². The second kappa shape index (κ2) is 4.90. The number of rotatable bonds is 3. The molecule has 0 spiro atoms. The molecule has 0 aliphatic heterocycles. The normalized spacial score (nSPS) is 10.1. The third kappa shape index (κ3) is 2.46. The number of nitrogens with zero attached hydrogens (tertiary/aromatic N) is 2. The molecule has 2 rings (SSSR count). The van der Waals surface area contributed by atoms with Gasteiger partial charge >= 0.3 is 0 Å². The molecule has 0 bridgehead atoms. The fraction of sp³-hybridized carbons (Fsp3) is 0.0909. The molecule has 16 heavy (non-hydrogen) atoms. The van der Waals surface area contributed by atoms with Crippen molar-refractivity contribution in [1.82, 2.24) is 9.97 Å². The quantitative estimate of drug-likeness (QED) is 0.825. The molecule has 82 valence electrons. The van der Waals surface area contributed by atoms with Crippen molar-refractivity contribution in [2.75, 3.05) is 0 Å². The zero-order chi connectivity index (χ0) is 11.4. The average Bonchev–Trinajstić information content (AvgIpc) is 2.30. The van der Waals surface area contributed by atoms with Gasteiger partial charge in [0, 0.05) is 18.0 Å². The first kappa shape index (κ1) is 10.8. The summed E-state index contributed by atoms with van der Waals surface area (Å²) in [6, 6.07) is 6.37. The van der Waals surface area contributed by atoms with Gasteiger partial charge in [-0.3, -0.25) is 0 Å². The molecule has 0 amide bonds. The molecule has 3 nitrogen and oxygen atoms in total. The number of hydrogen-bond donors (Lipinski definition) is 0. The Morgan fingerprint density at radius 2 is 1.94 bits per heavy atom. The van der Waals surface area contributed by atoms with Crippen LogP contribution in [0.5, 0.6) is 5.88 Å². The lowest BCUT2D eigenvalue weighted by Gasteiger charge is -2.06. The van der Waals surface area contributed by atoms with Crippen LogP contribution in [0.1, 0.15) is 5.56 Å². The maximum absolute atomic E-state index is 13.2. The molecule has 0 radical (unpaired) electrons. The van der Waals surface area contributed by atoms with E-state index in [2.05, 4.69) is 9.97 Å². The molecule has 0 saturated carbocycles. The number of hydrogen-bond acceptors (Lipinski definition) is 3. The molecule has 0 aliphatic carbocycles. The third-order valence-electron chi connectivity index (χ3n) is 1.95. The fourth-order valence-electron chi connectivity index (χ4n) is 1.17. The Balaban J connectivity index is 2.09. The lowest BCUT2D eigenvalue weighted by Crippen LogP contribution is -2.00. The van der Waals surface area contributed by atoms with Crippen LogP contribution in [0, 0.1) is 5.82 Å². The van der Waals surface area contributed by atoms with Gasteiger partial charge in [-0.05, 0) is 6.07 Å². The predicted molar refractivity (Wildman–Crippen MR) is 57.8 cm³/mol. The average molecular weight is 239 g/mol. The minimum Gasteiger partial charge on any atom is -0.471 e. The molecule has 0 N–H and O–H groups in total. The minimum absolute atomic E-state index is 0.0745. The van der Waals surface area contributed by atoms with Gasteiger partial charge in [-0.25, -0.2) is 14.4 Å². The van der Waals surface area contributed by atoms with Gasteiger partial charge in [0.05, 0.1) is 0 Å².